The van der Waals surface area contributed by atoms with E-state index in [0.29, 0.717) is 0 Å². The average Bonchev–Trinajstić information content (AvgIpc) is 2.07. The normalized spacial score (nSPS) is 8.27. The molecule has 0 amide bonds. The predicted molar refractivity (Wildman–Crippen MR) is 47.0 cm³/mol. The van der Waals surface area contributed by atoms with Gasteiger partial charge in [-0.3, -0.25) is 0 Å². The molecule has 0 fully saturated rings. The summed E-state index contributed by atoms with van der Waals surface area (Å²) in [6.45, 7) is 4.36. The topological polar surface area (TPSA) is 0 Å². The van der Waals surface area contributed by atoms with Crippen LogP contribution in [-0.2, 0) is 0 Å². The van der Waals surface area contributed by atoms with Crippen molar-refractivity contribution in [2.45, 2.75) is 26.7 Å². The molecule has 0 nitrogen and oxygen atoms in total. The molecule has 1 aromatic carbocycles. The molecule has 0 unspecified atom stereocenters. The quantitative estimate of drug-likeness (QED) is 0.579. The van der Waals surface area contributed by atoms with Gasteiger partial charge in [0.05, 0.1) is 0 Å². The highest BCUT2D eigenvalue weighted by atomic mass is 19.1. The van der Waals surface area contributed by atoms with Crippen molar-refractivity contribution >= 4 is 0 Å². The minimum atomic E-state index is -0.178. The number of halogens is 1. The lowest BCUT2D eigenvalue weighted by Crippen LogP contribution is -1.63. The van der Waals surface area contributed by atoms with Gasteiger partial charge < -0.3 is 0 Å². The van der Waals surface area contributed by atoms with Crippen LogP contribution in [0.15, 0.2) is 30.3 Å². The van der Waals surface area contributed by atoms with Crippen LogP contribution in [0.3, 0.4) is 0 Å². The smallest absolute Gasteiger partial charge is 0.123 e. The fourth-order valence-corrected chi connectivity index (χ4v) is 0.415. The van der Waals surface area contributed by atoms with Crippen LogP contribution >= 0.6 is 0 Å². The van der Waals surface area contributed by atoms with Gasteiger partial charge in [-0.2, -0.15) is 0 Å². The molecule has 1 aromatic rings. The standard InChI is InChI=1S/C6H5F.C4H10/c7-6-4-2-1-3-5-6;1-3-4-2/h1-5H;3-4H2,1-2H3. The van der Waals surface area contributed by atoms with Crippen LogP contribution in [-0.4, -0.2) is 0 Å². The van der Waals surface area contributed by atoms with Gasteiger partial charge in [-0.25, -0.2) is 4.39 Å². The van der Waals surface area contributed by atoms with E-state index in [2.05, 4.69) is 13.8 Å². The van der Waals surface area contributed by atoms with Crippen molar-refractivity contribution < 1.29 is 4.39 Å². The minimum absolute atomic E-state index is 0.178. The second kappa shape index (κ2) is 7.26. The van der Waals surface area contributed by atoms with Crippen molar-refractivity contribution in [1.29, 1.82) is 0 Å². The van der Waals surface area contributed by atoms with Gasteiger partial charge in [0.2, 0.25) is 0 Å². The van der Waals surface area contributed by atoms with E-state index in [9.17, 15) is 4.39 Å². The van der Waals surface area contributed by atoms with Crippen molar-refractivity contribution in [2.24, 2.45) is 0 Å². The van der Waals surface area contributed by atoms with Crippen LogP contribution in [0.1, 0.15) is 26.7 Å². The summed E-state index contributed by atoms with van der Waals surface area (Å²) in [6.07, 6.45) is 2.64. The first-order valence-electron chi connectivity index (χ1n) is 4.01. The number of benzene rings is 1. The molecule has 0 radical (unpaired) electrons. The van der Waals surface area contributed by atoms with E-state index in [1.54, 1.807) is 18.2 Å². The molecule has 0 atom stereocenters. The Morgan fingerprint density at radius 1 is 1.00 bits per heavy atom. The Balaban J connectivity index is 0.000000218. The maximum absolute atomic E-state index is 11.9. The maximum Gasteiger partial charge on any atom is 0.123 e. The first-order chi connectivity index (χ1) is 5.31. The zero-order valence-corrected chi connectivity index (χ0v) is 7.18. The molecule has 0 spiro atoms. The lowest BCUT2D eigenvalue weighted by molar-refractivity contribution is 0.628. The Bertz CT molecular complexity index is 156. The zero-order chi connectivity index (χ0) is 8.53. The van der Waals surface area contributed by atoms with E-state index in [1.165, 1.54) is 25.0 Å². The molecule has 0 heterocycles. The van der Waals surface area contributed by atoms with Crippen LogP contribution in [0.2, 0.25) is 0 Å². The molecule has 0 aliphatic heterocycles. The van der Waals surface area contributed by atoms with Crippen molar-refractivity contribution in [2.75, 3.05) is 0 Å². The largest absolute Gasteiger partial charge is 0.207 e. The molecule has 0 bridgehead atoms. The van der Waals surface area contributed by atoms with E-state index in [1.807, 2.05) is 0 Å². The van der Waals surface area contributed by atoms with Gasteiger partial charge in [0.25, 0.3) is 0 Å². The first kappa shape index (κ1) is 10.2. The molecule has 0 aliphatic carbocycles. The molecular weight excluding hydrogens is 139 g/mol. The molecule has 0 aromatic heterocycles. The molecule has 11 heavy (non-hydrogen) atoms. The summed E-state index contributed by atoms with van der Waals surface area (Å²) in [5, 5.41) is 0. The van der Waals surface area contributed by atoms with Crippen molar-refractivity contribution in [3.63, 3.8) is 0 Å². The second-order valence-electron chi connectivity index (χ2n) is 2.30. The molecule has 1 rings (SSSR count). The summed E-state index contributed by atoms with van der Waals surface area (Å²) in [5.41, 5.74) is 0. The highest BCUT2D eigenvalue weighted by molar-refractivity contribution is 5.02. The maximum atomic E-state index is 11.9. The van der Waals surface area contributed by atoms with Crippen LogP contribution in [0.25, 0.3) is 0 Å². The Kier molecular flexibility index (Phi) is 6.70. The van der Waals surface area contributed by atoms with Crippen LogP contribution in [0.4, 0.5) is 4.39 Å². The number of hydrogen-bond donors (Lipinski definition) is 0. The fraction of sp³-hybridized carbons (Fsp3) is 0.400. The van der Waals surface area contributed by atoms with E-state index < -0.39 is 0 Å². The predicted octanol–water partition coefficient (Wildman–Crippen LogP) is 3.63. The average molecular weight is 154 g/mol. The van der Waals surface area contributed by atoms with E-state index in [4.69, 9.17) is 0 Å². The zero-order valence-electron chi connectivity index (χ0n) is 7.18. The van der Waals surface area contributed by atoms with E-state index in [-0.39, 0.29) is 5.82 Å². The van der Waals surface area contributed by atoms with Gasteiger partial charge in [0.15, 0.2) is 0 Å². The van der Waals surface area contributed by atoms with Gasteiger partial charge in [-0.1, -0.05) is 44.9 Å². The number of unbranched alkanes of at least 4 members (excludes halogenated alkanes) is 1. The van der Waals surface area contributed by atoms with Gasteiger partial charge in [-0.05, 0) is 12.1 Å². The summed E-state index contributed by atoms with van der Waals surface area (Å²) in [4.78, 5) is 0. The summed E-state index contributed by atoms with van der Waals surface area (Å²) in [7, 11) is 0. The third-order valence-corrected chi connectivity index (χ3v) is 1.23. The third-order valence-electron chi connectivity index (χ3n) is 1.23. The molecule has 0 saturated heterocycles. The van der Waals surface area contributed by atoms with Gasteiger partial charge in [-0.15, -0.1) is 0 Å². The molecular formula is C10H15F. The minimum Gasteiger partial charge on any atom is -0.207 e. The Morgan fingerprint density at radius 2 is 1.45 bits per heavy atom. The monoisotopic (exact) mass is 154 g/mol. The van der Waals surface area contributed by atoms with Crippen LogP contribution in [0, 0.1) is 5.82 Å². The van der Waals surface area contributed by atoms with Crippen molar-refractivity contribution in [1.82, 2.24) is 0 Å². The first-order valence-corrected chi connectivity index (χ1v) is 4.01. The van der Waals surface area contributed by atoms with E-state index in [0.717, 1.165) is 0 Å². The fourth-order valence-electron chi connectivity index (χ4n) is 0.415. The second-order valence-corrected chi connectivity index (χ2v) is 2.30. The number of hydrogen-bond acceptors (Lipinski definition) is 0. The Hall–Kier alpha value is -0.850. The van der Waals surface area contributed by atoms with Crippen LogP contribution in [0.5, 0.6) is 0 Å². The third kappa shape index (κ3) is 7.04. The SMILES string of the molecule is CCCC.Fc1ccccc1. The van der Waals surface area contributed by atoms with Gasteiger partial charge in [0.1, 0.15) is 5.82 Å². The van der Waals surface area contributed by atoms with Gasteiger partial charge in [0, 0.05) is 0 Å². The summed E-state index contributed by atoms with van der Waals surface area (Å²) in [5.74, 6) is -0.178. The van der Waals surface area contributed by atoms with Crippen molar-refractivity contribution in [3.8, 4) is 0 Å². The van der Waals surface area contributed by atoms with Crippen LogP contribution < -0.4 is 0 Å². The van der Waals surface area contributed by atoms with Crippen molar-refractivity contribution in [3.05, 3.63) is 36.1 Å². The van der Waals surface area contributed by atoms with Gasteiger partial charge >= 0.3 is 0 Å². The molecule has 0 saturated carbocycles. The molecule has 1 heteroatoms. The highest BCUT2D eigenvalue weighted by Crippen LogP contribution is 1.91. The Morgan fingerprint density at radius 3 is 1.64 bits per heavy atom. The lowest BCUT2D eigenvalue weighted by atomic mass is 10.4. The summed E-state index contributed by atoms with van der Waals surface area (Å²) >= 11 is 0. The summed E-state index contributed by atoms with van der Waals surface area (Å²) < 4.78 is 11.9. The van der Waals surface area contributed by atoms with E-state index >= 15 is 0 Å². The Labute approximate surface area is 68.1 Å². The molecule has 0 N–H and O–H groups in total. The molecule has 0 aliphatic rings. The number of rotatable bonds is 1. The summed E-state index contributed by atoms with van der Waals surface area (Å²) in [6, 6.07) is 7.94. The highest BCUT2D eigenvalue weighted by Gasteiger charge is 1.77. The molecule has 62 valence electrons. The lowest BCUT2D eigenvalue weighted by Gasteiger charge is -1.78.